The van der Waals surface area contributed by atoms with Crippen LogP contribution in [0.5, 0.6) is 0 Å². The topological polar surface area (TPSA) is 0 Å². The van der Waals surface area contributed by atoms with Crippen LogP contribution in [0.2, 0.25) is 0 Å². The van der Waals surface area contributed by atoms with Crippen molar-refractivity contribution in [2.75, 3.05) is 0 Å². The van der Waals surface area contributed by atoms with Gasteiger partial charge in [-0.3, -0.25) is 0 Å². The summed E-state index contributed by atoms with van der Waals surface area (Å²) in [6, 6.07) is 0. The highest BCUT2D eigenvalue weighted by Gasteiger charge is 2.24. The van der Waals surface area contributed by atoms with Gasteiger partial charge in [-0.15, -0.1) is 6.58 Å². The molecule has 2 unspecified atom stereocenters. The van der Waals surface area contributed by atoms with Gasteiger partial charge in [0, 0.05) is 0 Å². The van der Waals surface area contributed by atoms with Gasteiger partial charge < -0.3 is 0 Å². The monoisotopic (exact) mass is 154 g/mol. The highest BCUT2D eigenvalue weighted by molar-refractivity contribution is 4.79. The van der Waals surface area contributed by atoms with Crippen LogP contribution in [0.15, 0.2) is 12.7 Å². The molecule has 2 atom stereocenters. The van der Waals surface area contributed by atoms with E-state index in [1.165, 1.54) is 0 Å². The third kappa shape index (κ3) is 3.60. The molecule has 0 bridgehead atoms. The number of hydrogen-bond acceptors (Lipinski definition) is 0. The van der Waals surface area contributed by atoms with E-state index in [1.807, 2.05) is 6.08 Å². The molecule has 66 valence electrons. The number of allylic oxidation sites excluding steroid dienone is 1. The summed E-state index contributed by atoms with van der Waals surface area (Å²) < 4.78 is 0. The first-order valence-corrected chi connectivity index (χ1v) is 4.50. The molecule has 0 aromatic rings. The van der Waals surface area contributed by atoms with Gasteiger partial charge in [0.25, 0.3) is 0 Å². The lowest BCUT2D eigenvalue weighted by Gasteiger charge is -2.31. The molecule has 0 rings (SSSR count). The molecule has 0 aromatic carbocycles. The van der Waals surface area contributed by atoms with Crippen LogP contribution in [-0.4, -0.2) is 0 Å². The zero-order valence-electron chi connectivity index (χ0n) is 8.65. The van der Waals surface area contributed by atoms with E-state index in [-0.39, 0.29) is 0 Å². The predicted octanol–water partition coefficient (Wildman–Crippen LogP) is 3.88. The van der Waals surface area contributed by atoms with E-state index in [0.29, 0.717) is 5.41 Å². The Hall–Kier alpha value is -0.260. The molecule has 0 amide bonds. The van der Waals surface area contributed by atoms with Crippen LogP contribution >= 0.6 is 0 Å². The lowest BCUT2D eigenvalue weighted by atomic mass is 9.74. The molecule has 0 aliphatic heterocycles. The van der Waals surface area contributed by atoms with Crippen LogP contribution in [0, 0.1) is 17.3 Å². The maximum atomic E-state index is 3.77. The van der Waals surface area contributed by atoms with Crippen molar-refractivity contribution in [2.45, 2.75) is 41.0 Å². The molecule has 0 aromatic heterocycles. The second kappa shape index (κ2) is 3.94. The molecule has 0 heteroatoms. The minimum absolute atomic E-state index is 0.433. The average molecular weight is 154 g/mol. The van der Waals surface area contributed by atoms with E-state index < -0.39 is 0 Å². The van der Waals surface area contributed by atoms with E-state index in [2.05, 4.69) is 41.2 Å². The molecule has 0 nitrogen and oxygen atoms in total. The average Bonchev–Trinajstić information content (AvgIpc) is 1.85. The molecule has 0 spiro atoms. The largest absolute Gasteiger partial charge is 0.103 e. The third-order valence-corrected chi connectivity index (χ3v) is 2.76. The van der Waals surface area contributed by atoms with Gasteiger partial charge in [0.05, 0.1) is 0 Å². The minimum Gasteiger partial charge on any atom is -0.103 e. The van der Waals surface area contributed by atoms with Crippen LogP contribution in [0.4, 0.5) is 0 Å². The highest BCUT2D eigenvalue weighted by atomic mass is 14.3. The van der Waals surface area contributed by atoms with Crippen LogP contribution in [-0.2, 0) is 0 Å². The molecule has 0 fully saturated rings. The van der Waals surface area contributed by atoms with Gasteiger partial charge in [0.15, 0.2) is 0 Å². The van der Waals surface area contributed by atoms with E-state index in [0.717, 1.165) is 18.3 Å². The Kier molecular flexibility index (Phi) is 3.85. The molecule has 11 heavy (non-hydrogen) atoms. The van der Waals surface area contributed by atoms with Crippen molar-refractivity contribution in [1.82, 2.24) is 0 Å². The quantitative estimate of drug-likeness (QED) is 0.541. The Morgan fingerprint density at radius 1 is 1.27 bits per heavy atom. The van der Waals surface area contributed by atoms with E-state index >= 15 is 0 Å². The molecule has 0 radical (unpaired) electrons. The third-order valence-electron chi connectivity index (χ3n) is 2.76. The first-order valence-electron chi connectivity index (χ1n) is 4.50. The Labute approximate surface area is 71.7 Å². The highest BCUT2D eigenvalue weighted by Crippen LogP contribution is 2.32. The van der Waals surface area contributed by atoms with Crippen molar-refractivity contribution >= 4 is 0 Å². The van der Waals surface area contributed by atoms with Crippen molar-refractivity contribution in [1.29, 1.82) is 0 Å². The summed E-state index contributed by atoms with van der Waals surface area (Å²) in [5.74, 6) is 1.52. The summed E-state index contributed by atoms with van der Waals surface area (Å²) in [5, 5.41) is 0. The van der Waals surface area contributed by atoms with Crippen molar-refractivity contribution in [3.05, 3.63) is 12.7 Å². The number of rotatable bonds is 3. The zero-order valence-corrected chi connectivity index (χ0v) is 8.65. The Morgan fingerprint density at radius 3 is 2.00 bits per heavy atom. The maximum Gasteiger partial charge on any atom is -0.0325 e. The fraction of sp³-hybridized carbons (Fsp3) is 0.818. The normalized spacial score (nSPS) is 17.5. The molecule has 0 aliphatic rings. The molecule has 0 N–H and O–H groups in total. The SMILES string of the molecule is C=CCC(C)C(C)C(C)(C)C. The molecule has 0 saturated heterocycles. The van der Waals surface area contributed by atoms with Gasteiger partial charge in [-0.25, -0.2) is 0 Å². The second-order valence-electron chi connectivity index (χ2n) is 4.66. The van der Waals surface area contributed by atoms with E-state index in [1.54, 1.807) is 0 Å². The van der Waals surface area contributed by atoms with Crippen LogP contribution in [0.3, 0.4) is 0 Å². The van der Waals surface area contributed by atoms with Crippen molar-refractivity contribution < 1.29 is 0 Å². The van der Waals surface area contributed by atoms with Gasteiger partial charge in [-0.2, -0.15) is 0 Å². The smallest absolute Gasteiger partial charge is 0.0325 e. The Morgan fingerprint density at radius 2 is 1.73 bits per heavy atom. The maximum absolute atomic E-state index is 3.77. The first-order chi connectivity index (χ1) is 4.89. The standard InChI is InChI=1S/C11H22/c1-7-8-9(2)10(3)11(4,5)6/h7,9-10H,1,8H2,2-6H3. The van der Waals surface area contributed by atoms with Crippen molar-refractivity contribution in [3.8, 4) is 0 Å². The van der Waals surface area contributed by atoms with Gasteiger partial charge in [0.2, 0.25) is 0 Å². The summed E-state index contributed by atoms with van der Waals surface area (Å²) in [4.78, 5) is 0. The van der Waals surface area contributed by atoms with Gasteiger partial charge in [-0.05, 0) is 23.7 Å². The van der Waals surface area contributed by atoms with E-state index in [9.17, 15) is 0 Å². The van der Waals surface area contributed by atoms with Gasteiger partial charge in [-0.1, -0.05) is 40.7 Å². The van der Waals surface area contributed by atoms with Crippen LogP contribution in [0.1, 0.15) is 41.0 Å². The Bertz CT molecular complexity index is 116. The van der Waals surface area contributed by atoms with Gasteiger partial charge >= 0.3 is 0 Å². The lowest BCUT2D eigenvalue weighted by molar-refractivity contribution is 0.189. The second-order valence-corrected chi connectivity index (χ2v) is 4.66. The Balaban J connectivity index is 4.01. The summed E-state index contributed by atoms with van der Waals surface area (Å²) in [5.41, 5.74) is 0.433. The molecule has 0 heterocycles. The predicted molar refractivity (Wildman–Crippen MR) is 52.6 cm³/mol. The van der Waals surface area contributed by atoms with Crippen LogP contribution in [0.25, 0.3) is 0 Å². The molecular weight excluding hydrogens is 132 g/mol. The van der Waals surface area contributed by atoms with Crippen molar-refractivity contribution in [2.24, 2.45) is 17.3 Å². The fourth-order valence-electron chi connectivity index (χ4n) is 1.32. The summed E-state index contributed by atoms with van der Waals surface area (Å²) in [6.45, 7) is 15.3. The fourth-order valence-corrected chi connectivity index (χ4v) is 1.32. The number of hydrogen-bond donors (Lipinski definition) is 0. The lowest BCUT2D eigenvalue weighted by Crippen LogP contribution is -2.23. The molecule has 0 aliphatic carbocycles. The van der Waals surface area contributed by atoms with Crippen molar-refractivity contribution in [3.63, 3.8) is 0 Å². The van der Waals surface area contributed by atoms with Gasteiger partial charge in [0.1, 0.15) is 0 Å². The summed E-state index contributed by atoms with van der Waals surface area (Å²) >= 11 is 0. The molecular formula is C11H22. The minimum atomic E-state index is 0.433. The zero-order chi connectivity index (χ0) is 9.07. The molecule has 0 saturated carbocycles. The summed E-state index contributed by atoms with van der Waals surface area (Å²) in [7, 11) is 0. The van der Waals surface area contributed by atoms with Crippen LogP contribution < -0.4 is 0 Å². The van der Waals surface area contributed by atoms with E-state index in [4.69, 9.17) is 0 Å². The first kappa shape index (κ1) is 10.7. The summed E-state index contributed by atoms with van der Waals surface area (Å²) in [6.07, 6.45) is 3.16.